The van der Waals surface area contributed by atoms with E-state index >= 15 is 0 Å². The van der Waals surface area contributed by atoms with Crippen LogP contribution in [0.2, 0.25) is 0 Å². The summed E-state index contributed by atoms with van der Waals surface area (Å²) in [7, 11) is 1.63. The minimum Gasteiger partial charge on any atom is -0.497 e. The molecule has 1 aromatic carbocycles. The Morgan fingerprint density at radius 2 is 2.31 bits per heavy atom. The van der Waals surface area contributed by atoms with Gasteiger partial charge in [0.2, 0.25) is 0 Å². The summed E-state index contributed by atoms with van der Waals surface area (Å²) in [5.41, 5.74) is 1.13. The van der Waals surface area contributed by atoms with Crippen molar-refractivity contribution in [3.05, 3.63) is 29.8 Å². The summed E-state index contributed by atoms with van der Waals surface area (Å²) in [5.74, 6) is -0.0135. The fourth-order valence-electron chi connectivity index (χ4n) is 1.49. The predicted octanol–water partition coefficient (Wildman–Crippen LogP) is 1.30. The predicted molar refractivity (Wildman–Crippen MR) is 61.8 cm³/mol. The zero-order valence-corrected chi connectivity index (χ0v) is 9.56. The van der Waals surface area contributed by atoms with Gasteiger partial charge in [0.15, 0.2) is 0 Å². The third-order valence-corrected chi connectivity index (χ3v) is 2.28. The highest BCUT2D eigenvalue weighted by Gasteiger charge is 2.05. The maximum atomic E-state index is 10.4. The van der Waals surface area contributed by atoms with Crippen molar-refractivity contribution in [3.8, 4) is 5.75 Å². The van der Waals surface area contributed by atoms with Crippen LogP contribution in [-0.4, -0.2) is 30.8 Å². The number of nitrogens with one attached hydrogen (secondary N) is 1. The Morgan fingerprint density at radius 3 is 2.94 bits per heavy atom. The van der Waals surface area contributed by atoms with E-state index in [0.717, 1.165) is 17.7 Å². The molecule has 0 amide bonds. The molecular formula is C12H17NO3. The second-order valence-electron chi connectivity index (χ2n) is 3.73. The van der Waals surface area contributed by atoms with Crippen LogP contribution < -0.4 is 10.1 Å². The Labute approximate surface area is 95.2 Å². The van der Waals surface area contributed by atoms with Crippen molar-refractivity contribution in [2.75, 3.05) is 13.7 Å². The van der Waals surface area contributed by atoms with Gasteiger partial charge in [-0.1, -0.05) is 12.1 Å². The van der Waals surface area contributed by atoms with Crippen LogP contribution in [0.1, 0.15) is 12.5 Å². The molecule has 1 atom stereocenters. The Bertz CT molecular complexity index is 352. The molecule has 0 aliphatic heterocycles. The third kappa shape index (κ3) is 4.31. The lowest BCUT2D eigenvalue weighted by Gasteiger charge is -2.12. The second kappa shape index (κ2) is 6.12. The number of carbonyl (C=O) groups is 1. The van der Waals surface area contributed by atoms with Gasteiger partial charge >= 0.3 is 5.97 Å². The molecule has 1 aromatic rings. The van der Waals surface area contributed by atoms with Crippen LogP contribution in [0.15, 0.2) is 24.3 Å². The van der Waals surface area contributed by atoms with Crippen molar-refractivity contribution in [1.82, 2.24) is 5.32 Å². The fourth-order valence-corrected chi connectivity index (χ4v) is 1.49. The zero-order chi connectivity index (χ0) is 12.0. The van der Waals surface area contributed by atoms with Gasteiger partial charge in [0, 0.05) is 6.04 Å². The number of benzene rings is 1. The first kappa shape index (κ1) is 12.5. The zero-order valence-electron chi connectivity index (χ0n) is 9.56. The molecule has 0 radical (unpaired) electrons. The van der Waals surface area contributed by atoms with Gasteiger partial charge in [-0.25, -0.2) is 0 Å². The normalized spacial score (nSPS) is 12.1. The lowest BCUT2D eigenvalue weighted by atomic mass is 10.1. The Balaban J connectivity index is 2.48. The molecular weight excluding hydrogens is 206 g/mol. The number of rotatable bonds is 6. The van der Waals surface area contributed by atoms with Gasteiger partial charge < -0.3 is 15.2 Å². The van der Waals surface area contributed by atoms with Crippen molar-refractivity contribution in [1.29, 1.82) is 0 Å². The Kier molecular flexibility index (Phi) is 4.79. The van der Waals surface area contributed by atoms with Crippen LogP contribution in [-0.2, 0) is 11.2 Å². The topological polar surface area (TPSA) is 58.6 Å². The lowest BCUT2D eigenvalue weighted by Crippen LogP contribution is -2.32. The average molecular weight is 223 g/mol. The summed E-state index contributed by atoms with van der Waals surface area (Å²) in [4.78, 5) is 10.4. The van der Waals surface area contributed by atoms with Crippen LogP contribution >= 0.6 is 0 Å². The minimum absolute atomic E-state index is 0.00879. The number of methoxy groups -OCH3 is 1. The van der Waals surface area contributed by atoms with E-state index in [0.29, 0.717) is 0 Å². The van der Waals surface area contributed by atoms with E-state index in [1.54, 1.807) is 7.11 Å². The molecule has 0 heterocycles. The monoisotopic (exact) mass is 223 g/mol. The number of aliphatic carboxylic acids is 1. The molecule has 16 heavy (non-hydrogen) atoms. The molecule has 0 spiro atoms. The van der Waals surface area contributed by atoms with E-state index in [2.05, 4.69) is 5.32 Å². The molecule has 0 saturated heterocycles. The van der Waals surface area contributed by atoms with Gasteiger partial charge in [0.25, 0.3) is 0 Å². The van der Waals surface area contributed by atoms with Crippen molar-refractivity contribution in [2.45, 2.75) is 19.4 Å². The van der Waals surface area contributed by atoms with Gasteiger partial charge in [-0.3, -0.25) is 4.79 Å². The molecule has 0 saturated carbocycles. The van der Waals surface area contributed by atoms with Crippen LogP contribution in [0.25, 0.3) is 0 Å². The largest absolute Gasteiger partial charge is 0.497 e. The van der Waals surface area contributed by atoms with Crippen LogP contribution in [0, 0.1) is 0 Å². The smallest absolute Gasteiger partial charge is 0.317 e. The maximum absolute atomic E-state index is 10.4. The number of carboxylic acid groups (broad SMARTS) is 1. The van der Waals surface area contributed by atoms with E-state index in [4.69, 9.17) is 9.84 Å². The van der Waals surface area contributed by atoms with Gasteiger partial charge in [-0.15, -0.1) is 0 Å². The molecule has 0 aliphatic carbocycles. The van der Waals surface area contributed by atoms with Crippen molar-refractivity contribution in [3.63, 3.8) is 0 Å². The van der Waals surface area contributed by atoms with Gasteiger partial charge in [-0.2, -0.15) is 0 Å². The summed E-state index contributed by atoms with van der Waals surface area (Å²) in [5, 5.41) is 11.5. The van der Waals surface area contributed by atoms with Gasteiger partial charge in [0.1, 0.15) is 5.75 Å². The fraction of sp³-hybridized carbons (Fsp3) is 0.417. The van der Waals surface area contributed by atoms with Crippen LogP contribution in [0.4, 0.5) is 0 Å². The van der Waals surface area contributed by atoms with E-state index < -0.39 is 5.97 Å². The standard InChI is InChI=1S/C12H17NO3/c1-9(13-8-12(14)15)6-10-4-3-5-11(7-10)16-2/h3-5,7,9,13H,6,8H2,1-2H3,(H,14,15). The maximum Gasteiger partial charge on any atom is 0.317 e. The Morgan fingerprint density at radius 1 is 1.56 bits per heavy atom. The molecule has 0 aliphatic rings. The summed E-state index contributed by atoms with van der Waals surface area (Å²) in [6.45, 7) is 1.95. The molecule has 0 bridgehead atoms. The summed E-state index contributed by atoms with van der Waals surface area (Å²) in [6, 6.07) is 7.90. The SMILES string of the molecule is COc1cccc(CC(C)NCC(=O)O)c1. The summed E-state index contributed by atoms with van der Waals surface area (Å²) < 4.78 is 5.12. The molecule has 1 rings (SSSR count). The minimum atomic E-state index is -0.836. The number of hydrogen-bond donors (Lipinski definition) is 2. The molecule has 88 valence electrons. The van der Waals surface area contributed by atoms with Crippen molar-refractivity contribution in [2.24, 2.45) is 0 Å². The van der Waals surface area contributed by atoms with E-state index in [1.165, 1.54) is 0 Å². The highest BCUT2D eigenvalue weighted by atomic mass is 16.5. The molecule has 0 aromatic heterocycles. The quantitative estimate of drug-likeness (QED) is 0.763. The summed E-state index contributed by atoms with van der Waals surface area (Å²) in [6.07, 6.45) is 0.782. The van der Waals surface area contributed by atoms with Crippen molar-refractivity contribution >= 4 is 5.97 Å². The van der Waals surface area contributed by atoms with Gasteiger partial charge in [-0.05, 0) is 31.0 Å². The number of carboxylic acids is 1. The number of hydrogen-bond acceptors (Lipinski definition) is 3. The highest BCUT2D eigenvalue weighted by Crippen LogP contribution is 2.13. The van der Waals surface area contributed by atoms with Crippen LogP contribution in [0.3, 0.4) is 0 Å². The summed E-state index contributed by atoms with van der Waals surface area (Å²) >= 11 is 0. The third-order valence-electron chi connectivity index (χ3n) is 2.28. The highest BCUT2D eigenvalue weighted by molar-refractivity contribution is 5.69. The van der Waals surface area contributed by atoms with E-state index in [1.807, 2.05) is 31.2 Å². The van der Waals surface area contributed by atoms with E-state index in [9.17, 15) is 4.79 Å². The first-order chi connectivity index (χ1) is 7.61. The van der Waals surface area contributed by atoms with E-state index in [-0.39, 0.29) is 12.6 Å². The molecule has 0 fully saturated rings. The van der Waals surface area contributed by atoms with Crippen molar-refractivity contribution < 1.29 is 14.6 Å². The lowest BCUT2D eigenvalue weighted by molar-refractivity contribution is -0.136. The molecule has 2 N–H and O–H groups in total. The molecule has 4 nitrogen and oxygen atoms in total. The van der Waals surface area contributed by atoms with Crippen LogP contribution in [0.5, 0.6) is 5.75 Å². The molecule has 1 unspecified atom stereocenters. The second-order valence-corrected chi connectivity index (χ2v) is 3.73. The number of ether oxygens (including phenoxy) is 1. The van der Waals surface area contributed by atoms with Gasteiger partial charge in [0.05, 0.1) is 13.7 Å². The average Bonchev–Trinajstić information content (AvgIpc) is 2.26. The Hall–Kier alpha value is -1.55. The first-order valence-electron chi connectivity index (χ1n) is 5.20. The molecule has 4 heteroatoms. The first-order valence-corrected chi connectivity index (χ1v) is 5.20.